The normalized spacial score (nSPS) is 11.1. The SMILES string of the molecule is Cc1ccccc1CNC(=O)Nc1ccc(C(C)(C)C)cc1. The first kappa shape index (κ1) is 16.1. The number of amides is 2. The second kappa shape index (κ2) is 6.65. The highest BCUT2D eigenvalue weighted by Crippen LogP contribution is 2.23. The Morgan fingerprint density at radius 3 is 2.23 bits per heavy atom. The van der Waals surface area contributed by atoms with Gasteiger partial charge in [-0.3, -0.25) is 0 Å². The molecule has 22 heavy (non-hydrogen) atoms. The van der Waals surface area contributed by atoms with Crippen LogP contribution < -0.4 is 10.6 Å². The Kier molecular flexibility index (Phi) is 4.86. The number of rotatable bonds is 3. The molecule has 0 aliphatic heterocycles. The average Bonchev–Trinajstić information content (AvgIpc) is 2.46. The standard InChI is InChI=1S/C19H24N2O/c1-14-7-5-6-8-15(14)13-20-18(22)21-17-11-9-16(10-12-17)19(2,3)4/h5-12H,13H2,1-4H3,(H2,20,21,22). The molecule has 0 bridgehead atoms. The molecule has 2 aromatic rings. The molecular weight excluding hydrogens is 272 g/mol. The molecule has 0 aliphatic rings. The number of hydrogen-bond acceptors (Lipinski definition) is 1. The Morgan fingerprint density at radius 2 is 1.64 bits per heavy atom. The summed E-state index contributed by atoms with van der Waals surface area (Å²) in [7, 11) is 0. The highest BCUT2D eigenvalue weighted by atomic mass is 16.2. The summed E-state index contributed by atoms with van der Waals surface area (Å²) in [5.41, 5.74) is 4.47. The number of carbonyl (C=O) groups excluding carboxylic acids is 1. The first-order chi connectivity index (χ1) is 10.4. The molecule has 0 heterocycles. The molecule has 2 rings (SSSR count). The Morgan fingerprint density at radius 1 is 1.00 bits per heavy atom. The van der Waals surface area contributed by atoms with E-state index in [-0.39, 0.29) is 11.4 Å². The molecular formula is C19H24N2O. The third-order valence-corrected chi connectivity index (χ3v) is 3.71. The summed E-state index contributed by atoms with van der Waals surface area (Å²) >= 11 is 0. The number of nitrogens with one attached hydrogen (secondary N) is 2. The predicted molar refractivity (Wildman–Crippen MR) is 92.2 cm³/mol. The van der Waals surface area contributed by atoms with Crippen LogP contribution in [-0.2, 0) is 12.0 Å². The number of benzene rings is 2. The van der Waals surface area contributed by atoms with Crippen LogP contribution in [-0.4, -0.2) is 6.03 Å². The largest absolute Gasteiger partial charge is 0.334 e. The van der Waals surface area contributed by atoms with Crippen molar-refractivity contribution in [3.05, 3.63) is 65.2 Å². The monoisotopic (exact) mass is 296 g/mol. The van der Waals surface area contributed by atoms with Gasteiger partial charge in [0.25, 0.3) is 0 Å². The zero-order valence-electron chi connectivity index (χ0n) is 13.7. The van der Waals surface area contributed by atoms with Crippen LogP contribution in [0.5, 0.6) is 0 Å². The van der Waals surface area contributed by atoms with Gasteiger partial charge < -0.3 is 10.6 Å². The Labute approximate surface area is 132 Å². The first-order valence-electron chi connectivity index (χ1n) is 7.56. The number of aryl methyl sites for hydroxylation is 1. The molecule has 0 aromatic heterocycles. The minimum atomic E-state index is -0.188. The van der Waals surface area contributed by atoms with Crippen LogP contribution in [0.3, 0.4) is 0 Å². The summed E-state index contributed by atoms with van der Waals surface area (Å²) in [6.07, 6.45) is 0. The lowest BCUT2D eigenvalue weighted by molar-refractivity contribution is 0.251. The van der Waals surface area contributed by atoms with Crippen LogP contribution in [0.25, 0.3) is 0 Å². The van der Waals surface area contributed by atoms with Gasteiger partial charge in [-0.15, -0.1) is 0 Å². The average molecular weight is 296 g/mol. The quantitative estimate of drug-likeness (QED) is 0.853. The summed E-state index contributed by atoms with van der Waals surface area (Å²) in [5, 5.41) is 5.74. The molecule has 2 amide bonds. The van der Waals surface area contributed by atoms with Crippen molar-refractivity contribution < 1.29 is 4.79 Å². The smallest absolute Gasteiger partial charge is 0.319 e. The van der Waals surface area contributed by atoms with Crippen molar-refractivity contribution in [3.8, 4) is 0 Å². The van der Waals surface area contributed by atoms with E-state index < -0.39 is 0 Å². The molecule has 0 saturated carbocycles. The fourth-order valence-electron chi connectivity index (χ4n) is 2.21. The molecule has 0 aliphatic carbocycles. The topological polar surface area (TPSA) is 41.1 Å². The summed E-state index contributed by atoms with van der Waals surface area (Å²) in [6.45, 7) is 9.08. The van der Waals surface area contributed by atoms with E-state index in [0.29, 0.717) is 6.54 Å². The van der Waals surface area contributed by atoms with E-state index in [2.05, 4.69) is 43.5 Å². The van der Waals surface area contributed by atoms with Crippen molar-refractivity contribution >= 4 is 11.7 Å². The summed E-state index contributed by atoms with van der Waals surface area (Å²) in [6, 6.07) is 15.8. The summed E-state index contributed by atoms with van der Waals surface area (Å²) < 4.78 is 0. The second-order valence-electron chi connectivity index (χ2n) is 6.56. The molecule has 0 fully saturated rings. The van der Waals surface area contributed by atoms with Crippen molar-refractivity contribution in [1.82, 2.24) is 5.32 Å². The van der Waals surface area contributed by atoms with Gasteiger partial charge >= 0.3 is 6.03 Å². The van der Waals surface area contributed by atoms with E-state index in [9.17, 15) is 4.79 Å². The van der Waals surface area contributed by atoms with E-state index in [0.717, 1.165) is 11.3 Å². The highest BCUT2D eigenvalue weighted by Gasteiger charge is 2.13. The van der Waals surface area contributed by atoms with Crippen molar-refractivity contribution in [3.63, 3.8) is 0 Å². The van der Waals surface area contributed by atoms with Gasteiger partial charge in [0.05, 0.1) is 0 Å². The zero-order valence-corrected chi connectivity index (χ0v) is 13.7. The van der Waals surface area contributed by atoms with Crippen molar-refractivity contribution in [2.75, 3.05) is 5.32 Å². The fraction of sp³-hybridized carbons (Fsp3) is 0.316. The van der Waals surface area contributed by atoms with Crippen LogP contribution in [0.2, 0.25) is 0 Å². The number of hydrogen-bond donors (Lipinski definition) is 2. The Hall–Kier alpha value is -2.29. The van der Waals surface area contributed by atoms with Crippen LogP contribution >= 0.6 is 0 Å². The third kappa shape index (κ3) is 4.35. The van der Waals surface area contributed by atoms with Gasteiger partial charge in [-0.05, 0) is 41.2 Å². The van der Waals surface area contributed by atoms with Crippen molar-refractivity contribution in [2.45, 2.75) is 39.7 Å². The molecule has 0 saturated heterocycles. The lowest BCUT2D eigenvalue weighted by Crippen LogP contribution is -2.28. The highest BCUT2D eigenvalue weighted by molar-refractivity contribution is 5.89. The van der Waals surface area contributed by atoms with Gasteiger partial charge in [-0.2, -0.15) is 0 Å². The number of anilines is 1. The van der Waals surface area contributed by atoms with Crippen LogP contribution in [0.1, 0.15) is 37.5 Å². The van der Waals surface area contributed by atoms with E-state index in [4.69, 9.17) is 0 Å². The molecule has 0 atom stereocenters. The van der Waals surface area contributed by atoms with E-state index in [1.165, 1.54) is 11.1 Å². The number of carbonyl (C=O) groups is 1. The Balaban J connectivity index is 1.91. The minimum absolute atomic E-state index is 0.117. The maximum absolute atomic E-state index is 12.0. The molecule has 2 aromatic carbocycles. The maximum atomic E-state index is 12.0. The van der Waals surface area contributed by atoms with E-state index in [1.807, 2.05) is 43.3 Å². The summed E-state index contributed by atoms with van der Waals surface area (Å²) in [4.78, 5) is 12.0. The molecule has 0 radical (unpaired) electrons. The zero-order chi connectivity index (χ0) is 16.2. The lowest BCUT2D eigenvalue weighted by Gasteiger charge is -2.19. The maximum Gasteiger partial charge on any atom is 0.319 e. The second-order valence-corrected chi connectivity index (χ2v) is 6.56. The summed E-state index contributed by atoms with van der Waals surface area (Å²) in [5.74, 6) is 0. The molecule has 0 unspecified atom stereocenters. The van der Waals surface area contributed by atoms with Gasteiger partial charge in [0.15, 0.2) is 0 Å². The predicted octanol–water partition coefficient (Wildman–Crippen LogP) is 4.61. The number of urea groups is 1. The van der Waals surface area contributed by atoms with Gasteiger partial charge in [-0.1, -0.05) is 57.2 Å². The van der Waals surface area contributed by atoms with Gasteiger partial charge in [-0.25, -0.2) is 4.79 Å². The van der Waals surface area contributed by atoms with Gasteiger partial charge in [0.2, 0.25) is 0 Å². The molecule has 2 N–H and O–H groups in total. The van der Waals surface area contributed by atoms with E-state index in [1.54, 1.807) is 0 Å². The molecule has 3 nitrogen and oxygen atoms in total. The third-order valence-electron chi connectivity index (χ3n) is 3.71. The Bertz CT molecular complexity index is 639. The van der Waals surface area contributed by atoms with Crippen LogP contribution in [0, 0.1) is 6.92 Å². The minimum Gasteiger partial charge on any atom is -0.334 e. The van der Waals surface area contributed by atoms with Gasteiger partial charge in [0.1, 0.15) is 0 Å². The van der Waals surface area contributed by atoms with Gasteiger partial charge in [0, 0.05) is 12.2 Å². The van der Waals surface area contributed by atoms with Crippen molar-refractivity contribution in [1.29, 1.82) is 0 Å². The van der Waals surface area contributed by atoms with Crippen molar-refractivity contribution in [2.24, 2.45) is 0 Å². The molecule has 3 heteroatoms. The van der Waals surface area contributed by atoms with Crippen LogP contribution in [0.4, 0.5) is 10.5 Å². The fourth-order valence-corrected chi connectivity index (χ4v) is 2.21. The molecule has 0 spiro atoms. The molecule has 116 valence electrons. The van der Waals surface area contributed by atoms with E-state index >= 15 is 0 Å². The first-order valence-corrected chi connectivity index (χ1v) is 7.56. The van der Waals surface area contributed by atoms with Crippen LogP contribution in [0.15, 0.2) is 48.5 Å². The lowest BCUT2D eigenvalue weighted by atomic mass is 9.87.